The molecular formula is C17H21FN2O5P-. The molecule has 142 valence electrons. The highest BCUT2D eigenvalue weighted by Crippen LogP contribution is 2.61. The van der Waals surface area contributed by atoms with E-state index in [0.29, 0.717) is 11.3 Å². The second-order valence-electron chi connectivity index (χ2n) is 5.30. The van der Waals surface area contributed by atoms with Gasteiger partial charge in [-0.1, -0.05) is 12.1 Å². The largest absolute Gasteiger partial charge is 0.733 e. The molecule has 0 saturated carbocycles. The molecule has 7 nitrogen and oxygen atoms in total. The van der Waals surface area contributed by atoms with E-state index in [4.69, 9.17) is 14.3 Å². The zero-order chi connectivity index (χ0) is 19.2. The minimum absolute atomic E-state index is 0.0343. The van der Waals surface area contributed by atoms with Crippen LogP contribution in [0.5, 0.6) is 0 Å². The Morgan fingerprint density at radius 1 is 1.19 bits per heavy atom. The minimum atomic E-state index is -3.69. The molecule has 2 aromatic carbocycles. The zero-order valence-electron chi connectivity index (χ0n) is 14.5. The lowest BCUT2D eigenvalue weighted by Gasteiger charge is -2.29. The highest BCUT2D eigenvalue weighted by molar-refractivity contribution is 7.54. The van der Waals surface area contributed by atoms with Gasteiger partial charge in [-0.15, -0.1) is 0 Å². The lowest BCUT2D eigenvalue weighted by Crippen LogP contribution is -2.16. The van der Waals surface area contributed by atoms with Crippen LogP contribution < -0.4 is 10.5 Å². The van der Waals surface area contributed by atoms with Gasteiger partial charge < -0.3 is 24.8 Å². The summed E-state index contributed by atoms with van der Waals surface area (Å²) in [7, 11) is -3.69. The van der Waals surface area contributed by atoms with Crippen LogP contribution in [0.2, 0.25) is 0 Å². The van der Waals surface area contributed by atoms with E-state index in [1.165, 1.54) is 42.5 Å². The van der Waals surface area contributed by atoms with Crippen molar-refractivity contribution in [3.63, 3.8) is 0 Å². The molecule has 0 aliphatic rings. The maximum absolute atomic E-state index is 13.3. The summed E-state index contributed by atoms with van der Waals surface area (Å²) >= 11 is 0. The van der Waals surface area contributed by atoms with E-state index in [2.05, 4.69) is 5.32 Å². The molecule has 1 unspecified atom stereocenters. The number of hydrogen-bond acceptors (Lipinski definition) is 7. The summed E-state index contributed by atoms with van der Waals surface area (Å²) in [5, 5.41) is 23.1. The Bertz CT molecular complexity index is 747. The summed E-state index contributed by atoms with van der Waals surface area (Å²) in [5.41, 5.74) is 0.865. The fourth-order valence-corrected chi connectivity index (χ4v) is 4.33. The number of nitrogens with zero attached hydrogens (tertiary/aromatic N) is 1. The van der Waals surface area contributed by atoms with Crippen LogP contribution in [0.4, 0.5) is 15.8 Å². The maximum atomic E-state index is 13.3. The number of nitrogens with one attached hydrogen (secondary N) is 1. The number of rotatable bonds is 9. The van der Waals surface area contributed by atoms with E-state index in [9.17, 15) is 14.2 Å². The van der Waals surface area contributed by atoms with Crippen molar-refractivity contribution in [3.05, 3.63) is 65.1 Å². The second-order valence-corrected chi connectivity index (χ2v) is 7.41. The van der Waals surface area contributed by atoms with Crippen LogP contribution in [0.3, 0.4) is 0 Å². The molecule has 2 N–H and O–H groups in total. The van der Waals surface area contributed by atoms with Gasteiger partial charge in [-0.2, -0.15) is 0 Å². The lowest BCUT2D eigenvalue weighted by atomic mass is 10.2. The van der Waals surface area contributed by atoms with Crippen molar-refractivity contribution in [2.45, 2.75) is 19.6 Å². The third-order valence-corrected chi connectivity index (χ3v) is 5.78. The third kappa shape index (κ3) is 5.03. The van der Waals surface area contributed by atoms with Gasteiger partial charge in [0.15, 0.2) is 5.78 Å². The quantitative estimate of drug-likeness (QED) is 0.470. The molecular weight excluding hydrogens is 362 g/mol. The molecule has 0 spiro atoms. The zero-order valence-corrected chi connectivity index (χ0v) is 15.4. The highest BCUT2D eigenvalue weighted by Gasteiger charge is 2.37. The first kappa shape index (κ1) is 20.4. The Hall–Kier alpha value is -1.96. The first-order chi connectivity index (χ1) is 12.4. The van der Waals surface area contributed by atoms with Crippen LogP contribution in [0.15, 0.2) is 48.5 Å². The molecule has 0 saturated heterocycles. The van der Waals surface area contributed by atoms with Gasteiger partial charge in [-0.3, -0.25) is 9.77 Å². The van der Waals surface area contributed by atoms with Crippen molar-refractivity contribution in [1.29, 1.82) is 0 Å². The van der Waals surface area contributed by atoms with Crippen molar-refractivity contribution in [1.82, 2.24) is 0 Å². The van der Waals surface area contributed by atoms with E-state index >= 15 is 0 Å². The number of benzene rings is 2. The van der Waals surface area contributed by atoms with Crippen molar-refractivity contribution in [3.8, 4) is 0 Å². The summed E-state index contributed by atoms with van der Waals surface area (Å²) in [4.78, 5) is 0. The van der Waals surface area contributed by atoms with Gasteiger partial charge in [-0.05, 0) is 55.8 Å². The van der Waals surface area contributed by atoms with Crippen molar-refractivity contribution < 1.29 is 23.2 Å². The fraction of sp³-hybridized carbons (Fsp3) is 0.294. The van der Waals surface area contributed by atoms with Crippen LogP contribution in [0, 0.1) is 11.0 Å². The summed E-state index contributed by atoms with van der Waals surface area (Å²) in [6.45, 7) is 3.66. The van der Waals surface area contributed by atoms with Crippen LogP contribution in [-0.4, -0.2) is 18.4 Å². The molecule has 0 aliphatic heterocycles. The Balaban J connectivity index is 2.48. The highest BCUT2D eigenvalue weighted by atomic mass is 31.2. The predicted molar refractivity (Wildman–Crippen MR) is 97.7 cm³/mol. The van der Waals surface area contributed by atoms with Gasteiger partial charge in [0.05, 0.1) is 18.9 Å². The van der Waals surface area contributed by atoms with Crippen molar-refractivity contribution >= 4 is 19.0 Å². The average Bonchev–Trinajstić information content (AvgIpc) is 2.61. The molecule has 1 atom stereocenters. The molecule has 0 aliphatic carbocycles. The van der Waals surface area contributed by atoms with E-state index < -0.39 is 19.2 Å². The van der Waals surface area contributed by atoms with Gasteiger partial charge in [0.1, 0.15) is 5.82 Å². The van der Waals surface area contributed by atoms with Gasteiger partial charge >= 0.3 is 7.60 Å². The number of halogens is 1. The molecule has 0 bridgehead atoms. The Labute approximate surface area is 151 Å². The molecule has 0 heterocycles. The van der Waals surface area contributed by atoms with Crippen LogP contribution >= 0.6 is 7.60 Å². The predicted octanol–water partition coefficient (Wildman–Crippen LogP) is 4.90. The molecule has 0 aromatic heterocycles. The van der Waals surface area contributed by atoms with Gasteiger partial charge in [0, 0.05) is 5.69 Å². The van der Waals surface area contributed by atoms with E-state index in [-0.39, 0.29) is 24.1 Å². The minimum Gasteiger partial charge on any atom is -0.733 e. The van der Waals surface area contributed by atoms with Gasteiger partial charge in [-0.25, -0.2) is 4.39 Å². The lowest BCUT2D eigenvalue weighted by molar-refractivity contribution is 0.214. The second kappa shape index (κ2) is 9.12. The van der Waals surface area contributed by atoms with E-state index in [1.807, 2.05) is 0 Å². The molecule has 0 radical (unpaired) electrons. The summed E-state index contributed by atoms with van der Waals surface area (Å²) in [6.07, 6.45) is 0. The van der Waals surface area contributed by atoms with E-state index in [0.717, 1.165) is 0 Å². The average molecular weight is 383 g/mol. The topological polar surface area (TPSA) is 94.1 Å². The SMILES string of the molecule is CCOP(=O)(OCC)C(Nc1ccc(F)cc1)c1cccc(N([O-])O)c1. The maximum Gasteiger partial charge on any atom is 0.357 e. The summed E-state index contributed by atoms with van der Waals surface area (Å²) in [6, 6.07) is 11.4. The summed E-state index contributed by atoms with van der Waals surface area (Å²) in [5.74, 6) is -1.37. The standard InChI is InChI=1S/C17H21FN2O5P/c1-3-24-26(23,25-4-2)17(19-15-10-8-14(18)9-11-15)13-6-5-7-16(12-13)20(21)22/h5-12,17,19,21H,3-4H2,1-2H3/q-1. The van der Waals surface area contributed by atoms with E-state index in [1.54, 1.807) is 19.9 Å². The third-order valence-electron chi connectivity index (χ3n) is 3.49. The van der Waals surface area contributed by atoms with Crippen molar-refractivity contribution in [2.24, 2.45) is 0 Å². The number of hydrogen-bond donors (Lipinski definition) is 2. The Morgan fingerprint density at radius 2 is 1.81 bits per heavy atom. The molecule has 2 rings (SSSR count). The smallest absolute Gasteiger partial charge is 0.357 e. The fourth-order valence-electron chi connectivity index (χ4n) is 2.41. The Kier molecular flexibility index (Phi) is 7.14. The van der Waals surface area contributed by atoms with Gasteiger partial charge in [0.25, 0.3) is 0 Å². The summed E-state index contributed by atoms with van der Waals surface area (Å²) < 4.78 is 37.3. The monoisotopic (exact) mass is 383 g/mol. The normalized spacial score (nSPS) is 12.7. The van der Waals surface area contributed by atoms with Crippen LogP contribution in [-0.2, 0) is 13.6 Å². The van der Waals surface area contributed by atoms with Gasteiger partial charge in [0.2, 0.25) is 0 Å². The first-order valence-electron chi connectivity index (χ1n) is 8.06. The first-order valence-corrected chi connectivity index (χ1v) is 9.67. The van der Waals surface area contributed by atoms with Crippen LogP contribution in [0.25, 0.3) is 0 Å². The molecule has 0 fully saturated rings. The molecule has 0 amide bonds. The Morgan fingerprint density at radius 3 is 2.35 bits per heavy atom. The number of anilines is 2. The van der Waals surface area contributed by atoms with Crippen molar-refractivity contribution in [2.75, 3.05) is 23.8 Å². The molecule has 9 heteroatoms. The molecule has 26 heavy (non-hydrogen) atoms. The molecule has 2 aromatic rings. The van der Waals surface area contributed by atoms with Crippen LogP contribution in [0.1, 0.15) is 25.2 Å².